The van der Waals surface area contributed by atoms with Crippen molar-refractivity contribution in [2.75, 3.05) is 12.3 Å². The Morgan fingerprint density at radius 2 is 2.00 bits per heavy atom. The Hall–Kier alpha value is -1.14. The predicted octanol–water partition coefficient (Wildman–Crippen LogP) is 2.28. The molecular weight excluding hydrogens is 267 g/mol. The van der Waals surface area contributed by atoms with Gasteiger partial charge in [0.05, 0.1) is 0 Å². The van der Waals surface area contributed by atoms with Crippen molar-refractivity contribution in [2.24, 2.45) is 0 Å². The highest BCUT2D eigenvalue weighted by atomic mass is 32.2. The van der Waals surface area contributed by atoms with Gasteiger partial charge in [-0.2, -0.15) is 4.31 Å². The Morgan fingerprint density at radius 1 is 1.37 bits per heavy atom. The number of nitrogens with zero attached hydrogens (tertiary/aromatic N) is 1. The van der Waals surface area contributed by atoms with Crippen LogP contribution in [0.3, 0.4) is 0 Å². The van der Waals surface area contributed by atoms with Crippen molar-refractivity contribution in [1.82, 2.24) is 4.31 Å². The summed E-state index contributed by atoms with van der Waals surface area (Å²) < 4.78 is 40.7. The molecule has 0 spiro atoms. The van der Waals surface area contributed by atoms with Gasteiger partial charge in [-0.1, -0.05) is 0 Å². The van der Waals surface area contributed by atoms with E-state index in [0.717, 1.165) is 12.8 Å². The number of nitrogen functional groups attached to an aromatic ring is 1. The quantitative estimate of drug-likeness (QED) is 0.848. The van der Waals surface area contributed by atoms with Gasteiger partial charge < -0.3 is 5.73 Å². The van der Waals surface area contributed by atoms with Crippen LogP contribution in [0.4, 0.5) is 10.1 Å². The first-order valence-electron chi connectivity index (χ1n) is 6.25. The molecule has 1 saturated heterocycles. The molecule has 0 aliphatic carbocycles. The van der Waals surface area contributed by atoms with Gasteiger partial charge in [0.2, 0.25) is 10.0 Å². The fraction of sp³-hybridized carbons (Fsp3) is 0.538. The van der Waals surface area contributed by atoms with E-state index in [1.54, 1.807) is 0 Å². The van der Waals surface area contributed by atoms with Gasteiger partial charge in [0, 0.05) is 17.8 Å². The topological polar surface area (TPSA) is 63.4 Å². The molecule has 0 radical (unpaired) electrons. The van der Waals surface area contributed by atoms with E-state index in [2.05, 4.69) is 0 Å². The van der Waals surface area contributed by atoms with Crippen LogP contribution >= 0.6 is 0 Å². The van der Waals surface area contributed by atoms with Gasteiger partial charge in [-0.25, -0.2) is 12.8 Å². The lowest BCUT2D eigenvalue weighted by molar-refractivity contribution is 0.290. The van der Waals surface area contributed by atoms with E-state index in [4.69, 9.17) is 5.73 Å². The number of nitrogens with two attached hydrogens (primary N) is 1. The lowest BCUT2D eigenvalue weighted by atomic mass is 10.0. The summed E-state index contributed by atoms with van der Waals surface area (Å²) in [5, 5.41) is 0. The van der Waals surface area contributed by atoms with Gasteiger partial charge in [-0.05, 0) is 51.3 Å². The number of hydrogen-bond acceptors (Lipinski definition) is 3. The molecule has 0 saturated carbocycles. The molecule has 2 N–H and O–H groups in total. The minimum Gasteiger partial charge on any atom is -0.399 e. The second-order valence-corrected chi connectivity index (χ2v) is 7.47. The molecule has 2 rings (SSSR count). The molecule has 6 heteroatoms. The van der Waals surface area contributed by atoms with E-state index in [-0.39, 0.29) is 16.1 Å². The second kappa shape index (κ2) is 4.45. The molecule has 4 nitrogen and oxygen atoms in total. The Labute approximate surface area is 113 Å². The Morgan fingerprint density at radius 3 is 2.53 bits per heavy atom. The zero-order chi connectivity index (χ0) is 14.4. The first-order chi connectivity index (χ1) is 8.66. The van der Waals surface area contributed by atoms with E-state index >= 15 is 0 Å². The summed E-state index contributed by atoms with van der Waals surface area (Å²) in [4.78, 5) is -0.319. The zero-order valence-corrected chi connectivity index (χ0v) is 12.2. The van der Waals surface area contributed by atoms with Crippen molar-refractivity contribution in [3.63, 3.8) is 0 Å². The Kier molecular flexibility index (Phi) is 3.35. The van der Waals surface area contributed by atoms with Crippen molar-refractivity contribution < 1.29 is 12.8 Å². The molecule has 1 fully saturated rings. The van der Waals surface area contributed by atoms with Gasteiger partial charge in [-0.3, -0.25) is 0 Å². The summed E-state index contributed by atoms with van der Waals surface area (Å²) in [5.41, 5.74) is 5.66. The number of anilines is 1. The minimum atomic E-state index is -3.84. The third-order valence-corrected chi connectivity index (χ3v) is 5.75. The van der Waals surface area contributed by atoms with Crippen molar-refractivity contribution in [3.8, 4) is 0 Å². The summed E-state index contributed by atoms with van der Waals surface area (Å²) in [7, 11) is -3.84. The van der Waals surface area contributed by atoms with Crippen LogP contribution in [-0.2, 0) is 10.0 Å². The van der Waals surface area contributed by atoms with Gasteiger partial charge >= 0.3 is 0 Å². The smallest absolute Gasteiger partial charge is 0.246 e. The number of hydrogen-bond donors (Lipinski definition) is 1. The maximum Gasteiger partial charge on any atom is 0.246 e. The van der Waals surface area contributed by atoms with Crippen LogP contribution < -0.4 is 5.73 Å². The summed E-state index contributed by atoms with van der Waals surface area (Å²) >= 11 is 0. The summed E-state index contributed by atoms with van der Waals surface area (Å²) in [5.74, 6) is -0.711. The Bertz CT molecular complexity index is 611. The largest absolute Gasteiger partial charge is 0.399 e. The van der Waals surface area contributed by atoms with Gasteiger partial charge in [0.15, 0.2) is 0 Å². The average Bonchev–Trinajstić information content (AvgIpc) is 2.63. The second-order valence-electron chi connectivity index (χ2n) is 5.64. The van der Waals surface area contributed by atoms with E-state index in [1.807, 2.05) is 13.8 Å². The van der Waals surface area contributed by atoms with E-state index in [0.29, 0.717) is 6.54 Å². The fourth-order valence-corrected chi connectivity index (χ4v) is 4.62. The van der Waals surface area contributed by atoms with Crippen LogP contribution in [0.25, 0.3) is 0 Å². The summed E-state index contributed by atoms with van der Waals surface area (Å²) in [6.07, 6.45) is 1.56. The van der Waals surface area contributed by atoms with Gasteiger partial charge in [0.25, 0.3) is 0 Å². The van der Waals surface area contributed by atoms with Crippen LogP contribution in [0.5, 0.6) is 0 Å². The van der Waals surface area contributed by atoms with E-state index < -0.39 is 21.4 Å². The monoisotopic (exact) mass is 286 g/mol. The molecule has 0 atom stereocenters. The number of benzene rings is 1. The van der Waals surface area contributed by atoms with Crippen molar-refractivity contribution in [3.05, 3.63) is 23.5 Å². The highest BCUT2D eigenvalue weighted by Gasteiger charge is 2.42. The van der Waals surface area contributed by atoms with Crippen LogP contribution in [-0.4, -0.2) is 24.8 Å². The number of sulfonamides is 1. The maximum atomic E-state index is 14.1. The minimum absolute atomic E-state index is 0.246. The molecule has 0 aromatic heterocycles. The first kappa shape index (κ1) is 14.3. The van der Waals surface area contributed by atoms with Crippen LogP contribution in [0, 0.1) is 12.7 Å². The SMILES string of the molecule is Cc1cc(N)cc(S(=O)(=O)N2CCCC2(C)C)c1F. The highest BCUT2D eigenvalue weighted by Crippen LogP contribution is 2.35. The van der Waals surface area contributed by atoms with E-state index in [9.17, 15) is 12.8 Å². The molecule has 19 heavy (non-hydrogen) atoms. The molecule has 1 aromatic carbocycles. The molecule has 1 aliphatic heterocycles. The van der Waals surface area contributed by atoms with Crippen molar-refractivity contribution in [2.45, 2.75) is 44.0 Å². The molecule has 0 unspecified atom stereocenters. The average molecular weight is 286 g/mol. The maximum absolute atomic E-state index is 14.1. The predicted molar refractivity (Wildman–Crippen MR) is 72.8 cm³/mol. The van der Waals surface area contributed by atoms with E-state index in [1.165, 1.54) is 23.4 Å². The zero-order valence-electron chi connectivity index (χ0n) is 11.4. The Balaban J connectivity index is 2.58. The standard InChI is InChI=1S/C13H19FN2O2S/c1-9-7-10(15)8-11(12(9)14)19(17,18)16-6-4-5-13(16,2)3/h7-8H,4-6,15H2,1-3H3. The lowest BCUT2D eigenvalue weighted by Gasteiger charge is -2.30. The number of rotatable bonds is 2. The first-order valence-corrected chi connectivity index (χ1v) is 7.69. The normalized spacial score (nSPS) is 19.8. The third-order valence-electron chi connectivity index (χ3n) is 3.64. The number of aryl methyl sites for hydroxylation is 1. The van der Waals surface area contributed by atoms with Gasteiger partial charge in [-0.15, -0.1) is 0 Å². The highest BCUT2D eigenvalue weighted by molar-refractivity contribution is 7.89. The fourth-order valence-electron chi connectivity index (χ4n) is 2.60. The molecular formula is C13H19FN2O2S. The van der Waals surface area contributed by atoms with Crippen molar-refractivity contribution in [1.29, 1.82) is 0 Å². The molecule has 1 aromatic rings. The third kappa shape index (κ3) is 2.34. The molecule has 1 heterocycles. The summed E-state index contributed by atoms with van der Waals surface area (Å²) in [6.45, 7) is 5.64. The molecule has 1 aliphatic rings. The van der Waals surface area contributed by atoms with Crippen LogP contribution in [0.2, 0.25) is 0 Å². The molecule has 0 amide bonds. The van der Waals surface area contributed by atoms with Crippen LogP contribution in [0.15, 0.2) is 17.0 Å². The van der Waals surface area contributed by atoms with Crippen LogP contribution in [0.1, 0.15) is 32.3 Å². The molecule has 0 bridgehead atoms. The van der Waals surface area contributed by atoms with Crippen molar-refractivity contribution >= 4 is 15.7 Å². The lowest BCUT2D eigenvalue weighted by Crippen LogP contribution is -2.42. The summed E-state index contributed by atoms with van der Waals surface area (Å²) in [6, 6.07) is 2.63. The molecule has 106 valence electrons. The van der Waals surface area contributed by atoms with Gasteiger partial charge in [0.1, 0.15) is 10.7 Å². The number of halogens is 1.